The Labute approximate surface area is 176 Å². The first-order valence-corrected chi connectivity index (χ1v) is 10.1. The van der Waals surface area contributed by atoms with Gasteiger partial charge in [-0.2, -0.15) is 5.10 Å². The second kappa shape index (κ2) is 8.57. The maximum atomic E-state index is 5.35. The number of ether oxygens (including phenoxy) is 2. The fraction of sp³-hybridized carbons (Fsp3) is 0.348. The van der Waals surface area contributed by atoms with Crippen molar-refractivity contribution in [2.75, 3.05) is 32.6 Å². The topological polar surface area (TPSA) is 71.9 Å². The van der Waals surface area contributed by atoms with E-state index in [0.29, 0.717) is 5.92 Å². The number of nitrogens with one attached hydrogen (secondary N) is 1. The summed E-state index contributed by atoms with van der Waals surface area (Å²) in [6, 6.07) is 11.7. The number of aromatic nitrogens is 2. The first kappa shape index (κ1) is 19.9. The quantitative estimate of drug-likeness (QED) is 0.627. The molecular formula is C23H27N5O2. The highest BCUT2D eigenvalue weighted by atomic mass is 16.5. The van der Waals surface area contributed by atoms with Crippen LogP contribution in [0, 0.1) is 5.92 Å². The van der Waals surface area contributed by atoms with Crippen molar-refractivity contribution in [3.63, 3.8) is 0 Å². The smallest absolute Gasteiger partial charge is 0.124 e. The molecule has 1 N–H and O–H groups in total. The minimum atomic E-state index is 0.167. The van der Waals surface area contributed by atoms with Gasteiger partial charge in [-0.1, -0.05) is 13.8 Å². The summed E-state index contributed by atoms with van der Waals surface area (Å²) in [5.41, 5.74) is 4.45. The number of nitrogens with zero attached hydrogens (tertiary/aromatic N) is 4. The Morgan fingerprint density at radius 2 is 1.80 bits per heavy atom. The van der Waals surface area contributed by atoms with Crippen molar-refractivity contribution in [1.82, 2.24) is 15.0 Å². The van der Waals surface area contributed by atoms with E-state index >= 15 is 0 Å². The van der Waals surface area contributed by atoms with E-state index in [1.165, 1.54) is 0 Å². The summed E-state index contributed by atoms with van der Waals surface area (Å²) in [7, 11) is 3.28. The largest absolute Gasteiger partial charge is 0.497 e. The average Bonchev–Trinajstić information content (AvgIpc) is 3.20. The molecule has 0 fully saturated rings. The van der Waals surface area contributed by atoms with Gasteiger partial charge in [-0.25, -0.2) is 4.98 Å². The van der Waals surface area contributed by atoms with Crippen LogP contribution >= 0.6 is 0 Å². The van der Waals surface area contributed by atoms with Crippen LogP contribution in [0.4, 0.5) is 11.4 Å². The molecular weight excluding hydrogens is 378 g/mol. The second-order valence-corrected chi connectivity index (χ2v) is 7.86. The molecule has 0 bridgehead atoms. The normalized spacial score (nSPS) is 15.8. The predicted molar refractivity (Wildman–Crippen MR) is 120 cm³/mol. The molecule has 30 heavy (non-hydrogen) atoms. The maximum Gasteiger partial charge on any atom is 0.124 e. The van der Waals surface area contributed by atoms with Crippen molar-refractivity contribution in [3.05, 3.63) is 48.3 Å². The van der Waals surface area contributed by atoms with Crippen LogP contribution in [-0.4, -0.2) is 48.5 Å². The molecule has 0 saturated heterocycles. The van der Waals surface area contributed by atoms with Gasteiger partial charge >= 0.3 is 0 Å². The summed E-state index contributed by atoms with van der Waals surface area (Å²) in [5.74, 6) is 2.20. The number of hydrazone groups is 1. The summed E-state index contributed by atoms with van der Waals surface area (Å²) in [6.07, 6.45) is 3.83. The predicted octanol–water partition coefficient (Wildman–Crippen LogP) is 4.43. The molecule has 0 saturated carbocycles. The van der Waals surface area contributed by atoms with E-state index in [1.54, 1.807) is 14.2 Å². The number of hydrogen-bond acceptors (Lipinski definition) is 7. The van der Waals surface area contributed by atoms with Gasteiger partial charge in [-0.15, -0.1) is 0 Å². The number of anilines is 2. The third-order valence-corrected chi connectivity index (χ3v) is 4.97. The van der Waals surface area contributed by atoms with Crippen molar-refractivity contribution in [2.45, 2.75) is 19.8 Å². The van der Waals surface area contributed by atoms with Crippen LogP contribution in [0.15, 0.2) is 47.7 Å². The molecule has 0 spiro atoms. The number of methoxy groups -OCH3 is 2. The molecule has 1 atom stereocenters. The van der Waals surface area contributed by atoms with Crippen molar-refractivity contribution in [2.24, 2.45) is 11.0 Å². The number of fused-ring (bicyclic) bond motifs is 1. The van der Waals surface area contributed by atoms with Gasteiger partial charge in [-0.05, 0) is 24.1 Å². The van der Waals surface area contributed by atoms with E-state index in [0.717, 1.165) is 52.7 Å². The minimum absolute atomic E-state index is 0.167. The number of hydrogen-bond donors (Lipinski definition) is 1. The highest BCUT2D eigenvalue weighted by Gasteiger charge is 2.21. The summed E-state index contributed by atoms with van der Waals surface area (Å²) in [4.78, 5) is 9.47. The third kappa shape index (κ3) is 4.45. The van der Waals surface area contributed by atoms with Gasteiger partial charge < -0.3 is 14.8 Å². The fourth-order valence-corrected chi connectivity index (χ4v) is 3.54. The molecule has 0 amide bonds. The van der Waals surface area contributed by atoms with E-state index in [4.69, 9.17) is 14.5 Å². The Hall–Kier alpha value is -3.35. The van der Waals surface area contributed by atoms with Crippen LogP contribution < -0.4 is 14.8 Å². The molecule has 1 unspecified atom stereocenters. The van der Waals surface area contributed by atoms with Crippen molar-refractivity contribution >= 4 is 28.6 Å². The molecule has 3 aromatic rings. The van der Waals surface area contributed by atoms with Crippen LogP contribution in [0.1, 0.15) is 25.5 Å². The van der Waals surface area contributed by atoms with Crippen LogP contribution in [0.25, 0.3) is 11.0 Å². The Morgan fingerprint density at radius 1 is 1.03 bits per heavy atom. The molecule has 2 aromatic carbocycles. The van der Waals surface area contributed by atoms with Gasteiger partial charge in [0, 0.05) is 55.1 Å². The van der Waals surface area contributed by atoms with Gasteiger partial charge in [0.2, 0.25) is 0 Å². The van der Waals surface area contributed by atoms with Gasteiger partial charge in [0.05, 0.1) is 36.9 Å². The zero-order chi connectivity index (χ0) is 21.1. The van der Waals surface area contributed by atoms with E-state index in [-0.39, 0.29) is 5.92 Å². The second-order valence-electron chi connectivity index (χ2n) is 7.86. The van der Waals surface area contributed by atoms with Crippen LogP contribution in [0.2, 0.25) is 0 Å². The minimum Gasteiger partial charge on any atom is -0.497 e. The lowest BCUT2D eigenvalue weighted by Gasteiger charge is -2.17. The highest BCUT2D eigenvalue weighted by Crippen LogP contribution is 2.29. The molecule has 2 heterocycles. The van der Waals surface area contributed by atoms with Crippen molar-refractivity contribution in [3.8, 4) is 11.5 Å². The highest BCUT2D eigenvalue weighted by molar-refractivity contribution is 5.81. The summed E-state index contributed by atoms with van der Waals surface area (Å²) in [5, 5.41) is 10.0. The molecule has 7 heteroatoms. The Morgan fingerprint density at radius 3 is 2.50 bits per heavy atom. The Balaban J connectivity index is 1.56. The van der Waals surface area contributed by atoms with Gasteiger partial charge in [0.25, 0.3) is 0 Å². The monoisotopic (exact) mass is 405 g/mol. The zero-order valence-corrected chi connectivity index (χ0v) is 17.8. The molecule has 0 radical (unpaired) electrons. The lowest BCUT2D eigenvalue weighted by atomic mass is 10.1. The van der Waals surface area contributed by atoms with Crippen LogP contribution in [-0.2, 0) is 0 Å². The van der Waals surface area contributed by atoms with Crippen molar-refractivity contribution in [1.29, 1.82) is 0 Å². The lowest BCUT2D eigenvalue weighted by molar-refractivity contribution is 0.273. The van der Waals surface area contributed by atoms with E-state index in [2.05, 4.69) is 34.3 Å². The SMILES string of the molecule is COc1cc(Nc2ccc3ncc(C4C=NN(CC(C)C)C4)nc3c2)cc(OC)c1. The van der Waals surface area contributed by atoms with Gasteiger partial charge in [0.15, 0.2) is 0 Å². The fourth-order valence-electron chi connectivity index (χ4n) is 3.54. The Kier molecular flexibility index (Phi) is 5.70. The number of rotatable bonds is 7. The molecule has 1 aromatic heterocycles. The summed E-state index contributed by atoms with van der Waals surface area (Å²) in [6.45, 7) is 6.20. The van der Waals surface area contributed by atoms with Gasteiger partial charge in [-0.3, -0.25) is 9.99 Å². The standard InChI is InChI=1S/C23H27N5O2/c1-15(2)13-28-14-16(11-25-28)23-12-24-21-6-5-17(9-22(21)27-23)26-18-7-19(29-3)10-20(8-18)30-4/h5-12,15-16,26H,13-14H2,1-4H3. The molecule has 1 aliphatic heterocycles. The molecule has 0 aliphatic carbocycles. The van der Waals surface area contributed by atoms with Gasteiger partial charge in [0.1, 0.15) is 11.5 Å². The average molecular weight is 406 g/mol. The first-order valence-electron chi connectivity index (χ1n) is 10.1. The van der Waals surface area contributed by atoms with E-state index in [9.17, 15) is 0 Å². The van der Waals surface area contributed by atoms with Crippen LogP contribution in [0.5, 0.6) is 11.5 Å². The Bertz CT molecular complexity index is 1040. The summed E-state index contributed by atoms with van der Waals surface area (Å²) >= 11 is 0. The molecule has 156 valence electrons. The van der Waals surface area contributed by atoms with E-state index in [1.807, 2.05) is 48.8 Å². The van der Waals surface area contributed by atoms with Crippen molar-refractivity contribution < 1.29 is 9.47 Å². The molecule has 7 nitrogen and oxygen atoms in total. The third-order valence-electron chi connectivity index (χ3n) is 4.97. The maximum absolute atomic E-state index is 5.35. The zero-order valence-electron chi connectivity index (χ0n) is 17.8. The first-order chi connectivity index (χ1) is 14.5. The summed E-state index contributed by atoms with van der Waals surface area (Å²) < 4.78 is 10.7. The van der Waals surface area contributed by atoms with Crippen LogP contribution in [0.3, 0.4) is 0 Å². The molecule has 1 aliphatic rings. The van der Waals surface area contributed by atoms with E-state index < -0.39 is 0 Å². The molecule has 4 rings (SSSR count). The lowest BCUT2D eigenvalue weighted by Crippen LogP contribution is -2.22. The number of benzene rings is 2.